The van der Waals surface area contributed by atoms with Gasteiger partial charge in [0.25, 0.3) is 0 Å². The molecular weight excluding hydrogens is 259 g/mol. The molecule has 0 aromatic heterocycles. The largest absolute Gasteiger partial charge is 0.573 e. The van der Waals surface area contributed by atoms with E-state index in [1.165, 1.54) is 12.1 Å². The molecule has 106 valence electrons. The van der Waals surface area contributed by atoms with Crippen molar-refractivity contribution in [2.24, 2.45) is 5.73 Å². The summed E-state index contributed by atoms with van der Waals surface area (Å²) in [6.45, 7) is 1.26. The fourth-order valence-electron chi connectivity index (χ4n) is 2.17. The smallest absolute Gasteiger partial charge is 0.406 e. The summed E-state index contributed by atoms with van der Waals surface area (Å²) in [6.07, 6.45) is -2.51. The SMILES string of the molecule is NC1(Cc2ccc(OC(F)(F)F)cc2)CCOCC1. The van der Waals surface area contributed by atoms with E-state index in [-0.39, 0.29) is 11.3 Å². The highest BCUT2D eigenvalue weighted by molar-refractivity contribution is 5.28. The van der Waals surface area contributed by atoms with Gasteiger partial charge in [-0.2, -0.15) is 0 Å². The van der Waals surface area contributed by atoms with Crippen LogP contribution in [0.5, 0.6) is 5.75 Å². The zero-order valence-electron chi connectivity index (χ0n) is 10.4. The highest BCUT2D eigenvalue weighted by Crippen LogP contribution is 2.26. The highest BCUT2D eigenvalue weighted by Gasteiger charge is 2.31. The van der Waals surface area contributed by atoms with E-state index in [2.05, 4.69) is 4.74 Å². The summed E-state index contributed by atoms with van der Waals surface area (Å²) in [7, 11) is 0. The van der Waals surface area contributed by atoms with Crippen molar-refractivity contribution in [1.82, 2.24) is 0 Å². The van der Waals surface area contributed by atoms with Crippen molar-refractivity contribution < 1.29 is 22.6 Å². The van der Waals surface area contributed by atoms with Crippen LogP contribution in [0.2, 0.25) is 0 Å². The molecule has 1 heterocycles. The third kappa shape index (κ3) is 4.40. The minimum Gasteiger partial charge on any atom is -0.406 e. The Morgan fingerprint density at radius 3 is 2.26 bits per heavy atom. The number of hydrogen-bond acceptors (Lipinski definition) is 3. The zero-order chi connectivity index (χ0) is 13.9. The first-order valence-corrected chi connectivity index (χ1v) is 6.08. The van der Waals surface area contributed by atoms with Crippen molar-refractivity contribution >= 4 is 0 Å². The van der Waals surface area contributed by atoms with E-state index in [4.69, 9.17) is 10.5 Å². The highest BCUT2D eigenvalue weighted by atomic mass is 19.4. The predicted octanol–water partition coefficient (Wildman–Crippen LogP) is 2.64. The van der Waals surface area contributed by atoms with Gasteiger partial charge in [0.1, 0.15) is 5.75 Å². The van der Waals surface area contributed by atoms with E-state index in [0.29, 0.717) is 19.6 Å². The van der Waals surface area contributed by atoms with E-state index in [1.807, 2.05) is 0 Å². The van der Waals surface area contributed by atoms with Crippen molar-refractivity contribution in [2.75, 3.05) is 13.2 Å². The molecule has 3 nitrogen and oxygen atoms in total. The molecule has 1 saturated heterocycles. The quantitative estimate of drug-likeness (QED) is 0.922. The van der Waals surface area contributed by atoms with Crippen molar-refractivity contribution in [3.8, 4) is 5.75 Å². The van der Waals surface area contributed by atoms with Crippen LogP contribution in [-0.2, 0) is 11.2 Å². The lowest BCUT2D eigenvalue weighted by Crippen LogP contribution is -2.46. The number of ether oxygens (including phenoxy) is 2. The van der Waals surface area contributed by atoms with Gasteiger partial charge in [-0.05, 0) is 37.0 Å². The summed E-state index contributed by atoms with van der Waals surface area (Å²) < 4.78 is 45.1. The molecule has 6 heteroatoms. The van der Waals surface area contributed by atoms with Crippen LogP contribution in [0, 0.1) is 0 Å². The molecule has 1 aromatic rings. The first kappa shape index (κ1) is 14.1. The number of halogens is 3. The molecule has 19 heavy (non-hydrogen) atoms. The standard InChI is InChI=1S/C13H16F3NO2/c14-13(15,16)19-11-3-1-10(2-4-11)9-12(17)5-7-18-8-6-12/h1-4H,5-9,17H2. The third-order valence-corrected chi connectivity index (χ3v) is 3.20. The molecule has 0 atom stereocenters. The summed E-state index contributed by atoms with van der Waals surface area (Å²) in [4.78, 5) is 0. The summed E-state index contributed by atoms with van der Waals surface area (Å²) >= 11 is 0. The lowest BCUT2D eigenvalue weighted by molar-refractivity contribution is -0.274. The van der Waals surface area contributed by atoms with Gasteiger partial charge in [-0.3, -0.25) is 0 Å². The number of rotatable bonds is 3. The minimum absolute atomic E-state index is 0.214. The van der Waals surface area contributed by atoms with Gasteiger partial charge < -0.3 is 15.2 Å². The maximum atomic E-state index is 12.0. The molecular formula is C13H16F3NO2. The van der Waals surface area contributed by atoms with Crippen LogP contribution < -0.4 is 10.5 Å². The topological polar surface area (TPSA) is 44.5 Å². The van der Waals surface area contributed by atoms with E-state index in [1.54, 1.807) is 12.1 Å². The molecule has 2 rings (SSSR count). The van der Waals surface area contributed by atoms with E-state index >= 15 is 0 Å². The Morgan fingerprint density at radius 1 is 1.16 bits per heavy atom. The first-order valence-electron chi connectivity index (χ1n) is 6.08. The lowest BCUT2D eigenvalue weighted by atomic mass is 9.85. The Hall–Kier alpha value is -1.27. The van der Waals surface area contributed by atoms with Crippen LogP contribution >= 0.6 is 0 Å². The van der Waals surface area contributed by atoms with Crippen molar-refractivity contribution in [3.63, 3.8) is 0 Å². The summed E-state index contributed by atoms with van der Waals surface area (Å²) in [5, 5.41) is 0. The molecule has 1 aliphatic heterocycles. The molecule has 0 spiro atoms. The molecule has 0 radical (unpaired) electrons. The second kappa shape index (κ2) is 5.38. The molecule has 0 saturated carbocycles. The van der Waals surface area contributed by atoms with Gasteiger partial charge in [0.2, 0.25) is 0 Å². The van der Waals surface area contributed by atoms with Crippen LogP contribution in [0.4, 0.5) is 13.2 Å². The second-order valence-corrected chi connectivity index (χ2v) is 4.84. The summed E-state index contributed by atoms with van der Waals surface area (Å²) in [5.41, 5.74) is 6.81. The molecule has 2 N–H and O–H groups in total. The maximum Gasteiger partial charge on any atom is 0.573 e. The van der Waals surface area contributed by atoms with E-state index < -0.39 is 6.36 Å². The normalized spacial score (nSPS) is 19.2. The Balaban J connectivity index is 1.98. The Kier molecular flexibility index (Phi) is 4.01. The number of benzene rings is 1. The number of nitrogens with two attached hydrogens (primary N) is 1. The predicted molar refractivity (Wildman–Crippen MR) is 63.8 cm³/mol. The fraction of sp³-hybridized carbons (Fsp3) is 0.538. The second-order valence-electron chi connectivity index (χ2n) is 4.84. The minimum atomic E-state index is -4.66. The third-order valence-electron chi connectivity index (χ3n) is 3.20. The van der Waals surface area contributed by atoms with E-state index in [0.717, 1.165) is 18.4 Å². The fourth-order valence-corrected chi connectivity index (χ4v) is 2.17. The van der Waals surface area contributed by atoms with Gasteiger partial charge in [-0.25, -0.2) is 0 Å². The molecule has 1 aliphatic rings. The lowest BCUT2D eigenvalue weighted by Gasteiger charge is -2.33. The molecule has 0 amide bonds. The van der Waals surface area contributed by atoms with Crippen LogP contribution in [0.3, 0.4) is 0 Å². The first-order chi connectivity index (χ1) is 8.86. The van der Waals surface area contributed by atoms with Gasteiger partial charge in [-0.1, -0.05) is 12.1 Å². The van der Waals surface area contributed by atoms with E-state index in [9.17, 15) is 13.2 Å². The van der Waals surface area contributed by atoms with Crippen LogP contribution in [0.1, 0.15) is 18.4 Å². The van der Waals surface area contributed by atoms with Gasteiger partial charge in [0.15, 0.2) is 0 Å². The number of alkyl halides is 3. The van der Waals surface area contributed by atoms with Gasteiger partial charge in [-0.15, -0.1) is 13.2 Å². The molecule has 0 aliphatic carbocycles. The van der Waals surface area contributed by atoms with Crippen LogP contribution in [0.25, 0.3) is 0 Å². The number of hydrogen-bond donors (Lipinski definition) is 1. The molecule has 0 unspecified atom stereocenters. The van der Waals surface area contributed by atoms with Crippen LogP contribution in [0.15, 0.2) is 24.3 Å². The average molecular weight is 275 g/mol. The van der Waals surface area contributed by atoms with Crippen molar-refractivity contribution in [1.29, 1.82) is 0 Å². The van der Waals surface area contributed by atoms with Crippen molar-refractivity contribution in [3.05, 3.63) is 29.8 Å². The van der Waals surface area contributed by atoms with Gasteiger partial charge >= 0.3 is 6.36 Å². The summed E-state index contributed by atoms with van der Waals surface area (Å²) in [6, 6.07) is 5.85. The molecule has 1 aromatic carbocycles. The Labute approximate surface area is 109 Å². The summed E-state index contributed by atoms with van der Waals surface area (Å²) in [5.74, 6) is -0.214. The van der Waals surface area contributed by atoms with Crippen LogP contribution in [-0.4, -0.2) is 25.1 Å². The Morgan fingerprint density at radius 2 is 1.74 bits per heavy atom. The monoisotopic (exact) mass is 275 g/mol. The molecule has 1 fully saturated rings. The zero-order valence-corrected chi connectivity index (χ0v) is 10.4. The van der Waals surface area contributed by atoms with Gasteiger partial charge in [0, 0.05) is 18.8 Å². The molecule has 0 bridgehead atoms. The van der Waals surface area contributed by atoms with Crippen molar-refractivity contribution in [2.45, 2.75) is 31.2 Å². The average Bonchev–Trinajstić information content (AvgIpc) is 2.30. The maximum absolute atomic E-state index is 12.0. The van der Waals surface area contributed by atoms with Gasteiger partial charge in [0.05, 0.1) is 0 Å². The Bertz CT molecular complexity index is 411.